The van der Waals surface area contributed by atoms with E-state index in [1.54, 1.807) is 6.92 Å². The lowest BCUT2D eigenvalue weighted by atomic mass is 9.93. The third kappa shape index (κ3) is 2.38. The molecule has 3 rings (SSSR count). The Balaban J connectivity index is 2.13. The van der Waals surface area contributed by atoms with E-state index in [0.29, 0.717) is 13.2 Å². The number of carbonyl (C=O) groups is 1. The van der Waals surface area contributed by atoms with Crippen LogP contribution in [0.3, 0.4) is 0 Å². The quantitative estimate of drug-likeness (QED) is 0.798. The summed E-state index contributed by atoms with van der Waals surface area (Å²) in [6.45, 7) is 2.80. The molecule has 0 aromatic heterocycles. The maximum Gasteiger partial charge on any atom is 0.184 e. The van der Waals surface area contributed by atoms with Crippen LogP contribution >= 0.6 is 0 Å². The lowest BCUT2D eigenvalue weighted by Crippen LogP contribution is -2.03. The van der Waals surface area contributed by atoms with E-state index < -0.39 is 0 Å². The fourth-order valence-corrected chi connectivity index (χ4v) is 2.51. The molecule has 0 atom stereocenters. The second kappa shape index (κ2) is 5.57. The van der Waals surface area contributed by atoms with Crippen LogP contribution in [0.2, 0.25) is 0 Å². The first kappa shape index (κ1) is 13.0. The van der Waals surface area contributed by atoms with Gasteiger partial charge >= 0.3 is 0 Å². The van der Waals surface area contributed by atoms with Crippen molar-refractivity contribution in [3.8, 4) is 11.1 Å². The molecule has 1 fully saturated rings. The molecule has 0 aliphatic carbocycles. The first-order valence-electron chi connectivity index (χ1n) is 6.70. The third-order valence-corrected chi connectivity index (χ3v) is 3.43. The van der Waals surface area contributed by atoms with Gasteiger partial charge in [0.2, 0.25) is 0 Å². The fraction of sp³-hybridized carbons (Fsp3) is 0.235. The Morgan fingerprint density at radius 2 is 1.55 bits per heavy atom. The van der Waals surface area contributed by atoms with Gasteiger partial charge < -0.3 is 9.47 Å². The van der Waals surface area contributed by atoms with Crippen molar-refractivity contribution in [3.63, 3.8) is 0 Å². The topological polar surface area (TPSA) is 35.5 Å². The molecule has 0 saturated carbocycles. The highest BCUT2D eigenvalue weighted by molar-refractivity contribution is 6.01. The van der Waals surface area contributed by atoms with E-state index in [-0.39, 0.29) is 12.1 Å². The van der Waals surface area contributed by atoms with Gasteiger partial charge in [-0.3, -0.25) is 4.79 Å². The Kier molecular flexibility index (Phi) is 3.63. The molecule has 0 N–H and O–H groups in total. The van der Waals surface area contributed by atoms with E-state index in [2.05, 4.69) is 0 Å². The molecule has 0 amide bonds. The standard InChI is InChI=1S/C17H16O3/c1-12(18)13-6-2-3-7-14(13)15-8-4-5-9-16(15)17-19-10-11-20-17/h2-9,17H,10-11H2,1H3. The minimum Gasteiger partial charge on any atom is -0.346 e. The summed E-state index contributed by atoms with van der Waals surface area (Å²) in [5.41, 5.74) is 3.61. The molecule has 0 spiro atoms. The van der Waals surface area contributed by atoms with Crippen molar-refractivity contribution < 1.29 is 14.3 Å². The van der Waals surface area contributed by atoms with Gasteiger partial charge in [-0.2, -0.15) is 0 Å². The summed E-state index contributed by atoms with van der Waals surface area (Å²) in [5, 5.41) is 0. The molecule has 0 bridgehead atoms. The van der Waals surface area contributed by atoms with E-state index in [4.69, 9.17) is 9.47 Å². The van der Waals surface area contributed by atoms with E-state index in [1.807, 2.05) is 48.5 Å². The van der Waals surface area contributed by atoms with Gasteiger partial charge in [0.15, 0.2) is 12.1 Å². The van der Waals surface area contributed by atoms with Crippen LogP contribution in [0.5, 0.6) is 0 Å². The highest BCUT2D eigenvalue weighted by Gasteiger charge is 2.22. The molecular formula is C17H16O3. The van der Waals surface area contributed by atoms with Crippen molar-refractivity contribution in [2.24, 2.45) is 0 Å². The Morgan fingerprint density at radius 3 is 2.25 bits per heavy atom. The molecule has 3 nitrogen and oxygen atoms in total. The van der Waals surface area contributed by atoms with E-state index in [1.165, 1.54) is 0 Å². The minimum absolute atomic E-state index is 0.0589. The largest absolute Gasteiger partial charge is 0.346 e. The van der Waals surface area contributed by atoms with E-state index in [9.17, 15) is 4.79 Å². The summed E-state index contributed by atoms with van der Waals surface area (Å²) >= 11 is 0. The first-order chi connectivity index (χ1) is 9.77. The van der Waals surface area contributed by atoms with E-state index in [0.717, 1.165) is 22.3 Å². The molecule has 102 valence electrons. The van der Waals surface area contributed by atoms with Gasteiger partial charge in [0.1, 0.15) is 0 Å². The zero-order valence-electron chi connectivity index (χ0n) is 11.3. The van der Waals surface area contributed by atoms with Crippen molar-refractivity contribution in [1.29, 1.82) is 0 Å². The number of benzene rings is 2. The highest BCUT2D eigenvalue weighted by Crippen LogP contribution is 2.34. The average Bonchev–Trinajstić information content (AvgIpc) is 3.01. The molecule has 1 saturated heterocycles. The van der Waals surface area contributed by atoms with Gasteiger partial charge in [-0.15, -0.1) is 0 Å². The number of ketones is 1. The smallest absolute Gasteiger partial charge is 0.184 e. The van der Waals surface area contributed by atoms with Crippen LogP contribution in [0.15, 0.2) is 48.5 Å². The summed E-state index contributed by atoms with van der Waals surface area (Å²) in [7, 11) is 0. The Bertz CT molecular complexity index is 628. The third-order valence-electron chi connectivity index (χ3n) is 3.43. The number of ether oxygens (including phenoxy) is 2. The van der Waals surface area contributed by atoms with Gasteiger partial charge in [-0.05, 0) is 18.1 Å². The number of Topliss-reactive ketones (excluding diaryl/α,β-unsaturated/α-hetero) is 1. The minimum atomic E-state index is -0.341. The van der Waals surface area contributed by atoms with Crippen LogP contribution in [-0.4, -0.2) is 19.0 Å². The first-order valence-corrected chi connectivity index (χ1v) is 6.70. The van der Waals surface area contributed by atoms with Gasteiger partial charge in [-0.25, -0.2) is 0 Å². The molecule has 0 unspecified atom stereocenters. The normalized spacial score (nSPS) is 15.4. The summed E-state index contributed by atoms with van der Waals surface area (Å²) in [6.07, 6.45) is -0.341. The number of rotatable bonds is 3. The van der Waals surface area contributed by atoms with Gasteiger partial charge in [-0.1, -0.05) is 48.5 Å². The predicted molar refractivity (Wildman–Crippen MR) is 76.5 cm³/mol. The molecule has 3 heteroatoms. The zero-order valence-corrected chi connectivity index (χ0v) is 11.3. The van der Waals surface area contributed by atoms with Gasteiger partial charge in [0, 0.05) is 11.1 Å². The molecule has 2 aromatic rings. The Labute approximate surface area is 118 Å². The molecule has 0 radical (unpaired) electrons. The zero-order chi connectivity index (χ0) is 13.9. The highest BCUT2D eigenvalue weighted by atomic mass is 16.7. The lowest BCUT2D eigenvalue weighted by Gasteiger charge is -2.16. The van der Waals surface area contributed by atoms with Crippen LogP contribution in [0.25, 0.3) is 11.1 Å². The monoisotopic (exact) mass is 268 g/mol. The second-order valence-corrected chi connectivity index (χ2v) is 4.76. The van der Waals surface area contributed by atoms with Crippen LogP contribution in [-0.2, 0) is 9.47 Å². The van der Waals surface area contributed by atoms with Crippen molar-refractivity contribution >= 4 is 5.78 Å². The van der Waals surface area contributed by atoms with Crippen LogP contribution in [0, 0.1) is 0 Å². The summed E-state index contributed by atoms with van der Waals surface area (Å²) < 4.78 is 11.2. The Hall–Kier alpha value is -1.97. The maximum absolute atomic E-state index is 11.8. The average molecular weight is 268 g/mol. The number of hydrogen-bond acceptors (Lipinski definition) is 3. The lowest BCUT2D eigenvalue weighted by molar-refractivity contribution is -0.0436. The molecular weight excluding hydrogens is 252 g/mol. The van der Waals surface area contributed by atoms with Gasteiger partial charge in [0.05, 0.1) is 13.2 Å². The molecule has 2 aromatic carbocycles. The van der Waals surface area contributed by atoms with Crippen molar-refractivity contribution in [2.75, 3.05) is 13.2 Å². The molecule has 1 aliphatic heterocycles. The number of carbonyl (C=O) groups excluding carboxylic acids is 1. The fourth-order valence-electron chi connectivity index (χ4n) is 2.51. The summed E-state index contributed by atoms with van der Waals surface area (Å²) in [5.74, 6) is 0.0589. The molecule has 20 heavy (non-hydrogen) atoms. The van der Waals surface area contributed by atoms with Crippen LogP contribution in [0.4, 0.5) is 0 Å². The van der Waals surface area contributed by atoms with Gasteiger partial charge in [0.25, 0.3) is 0 Å². The van der Waals surface area contributed by atoms with Crippen LogP contribution < -0.4 is 0 Å². The van der Waals surface area contributed by atoms with Crippen molar-refractivity contribution in [1.82, 2.24) is 0 Å². The SMILES string of the molecule is CC(=O)c1ccccc1-c1ccccc1C1OCCO1. The van der Waals surface area contributed by atoms with Crippen LogP contribution in [0.1, 0.15) is 29.1 Å². The van der Waals surface area contributed by atoms with Crippen molar-refractivity contribution in [3.05, 3.63) is 59.7 Å². The number of hydrogen-bond donors (Lipinski definition) is 0. The maximum atomic E-state index is 11.8. The summed E-state index contributed by atoms with van der Waals surface area (Å²) in [4.78, 5) is 11.8. The van der Waals surface area contributed by atoms with E-state index >= 15 is 0 Å². The second-order valence-electron chi connectivity index (χ2n) is 4.76. The molecule has 1 heterocycles. The predicted octanol–water partition coefficient (Wildman–Crippen LogP) is 3.60. The van der Waals surface area contributed by atoms with Crippen molar-refractivity contribution in [2.45, 2.75) is 13.2 Å². The Morgan fingerprint density at radius 1 is 0.950 bits per heavy atom. The summed E-state index contributed by atoms with van der Waals surface area (Å²) in [6, 6.07) is 15.5. The molecule has 1 aliphatic rings.